The van der Waals surface area contributed by atoms with Gasteiger partial charge in [-0.1, -0.05) is 75.3 Å². The first kappa shape index (κ1) is 36.3. The van der Waals surface area contributed by atoms with Gasteiger partial charge in [-0.2, -0.15) is 0 Å². The molecule has 2 heterocycles. The maximum Gasteiger partial charge on any atom is 0.219 e. The molecule has 242 valence electrons. The van der Waals surface area contributed by atoms with Crippen molar-refractivity contribution in [2.75, 3.05) is 0 Å². The zero-order valence-electron chi connectivity index (χ0n) is 24.6. The number of benzene rings is 2. The van der Waals surface area contributed by atoms with E-state index in [0.29, 0.717) is 37.4 Å². The Bertz CT molecular complexity index is 1780. The normalized spacial score (nSPS) is 12.5. The average molecular weight is 694 g/mol. The van der Waals surface area contributed by atoms with Crippen LogP contribution in [0.2, 0.25) is 15.1 Å². The van der Waals surface area contributed by atoms with Gasteiger partial charge in [0.1, 0.15) is 50.0 Å². The van der Waals surface area contributed by atoms with Gasteiger partial charge in [-0.05, 0) is 11.8 Å². The molecule has 0 fully saturated rings. The van der Waals surface area contributed by atoms with E-state index in [1.165, 1.54) is 21.5 Å². The summed E-state index contributed by atoms with van der Waals surface area (Å²) in [6.45, 7) is 8.61. The smallest absolute Gasteiger partial charge is 0.219 e. The Morgan fingerprint density at radius 1 is 0.644 bits per heavy atom. The number of pyridine rings is 2. The third kappa shape index (κ3) is 8.54. The highest BCUT2D eigenvalue weighted by molar-refractivity contribution is 6.36. The molecule has 0 spiro atoms. The summed E-state index contributed by atoms with van der Waals surface area (Å²) < 4.78 is 85.4. The van der Waals surface area contributed by atoms with E-state index in [2.05, 4.69) is 0 Å². The fourth-order valence-electron chi connectivity index (χ4n) is 4.39. The molecule has 0 amide bonds. The van der Waals surface area contributed by atoms with Crippen molar-refractivity contribution in [3.8, 4) is 22.5 Å². The minimum atomic E-state index is -1.14. The first-order chi connectivity index (χ1) is 21.1. The molecule has 0 bridgehead atoms. The molecule has 0 saturated heterocycles. The molecule has 0 N–H and O–H groups in total. The van der Waals surface area contributed by atoms with Gasteiger partial charge in [0.15, 0.2) is 0 Å². The molecular formula is C32H29Cl3F6N2O2. The van der Waals surface area contributed by atoms with Crippen LogP contribution in [-0.4, -0.2) is 9.13 Å². The summed E-state index contributed by atoms with van der Waals surface area (Å²) in [7, 11) is 0. The van der Waals surface area contributed by atoms with E-state index in [-0.39, 0.29) is 33.3 Å². The molecule has 13 heteroatoms. The summed E-state index contributed by atoms with van der Waals surface area (Å²) in [5.74, 6) is -6.09. The van der Waals surface area contributed by atoms with Crippen molar-refractivity contribution in [2.24, 2.45) is 11.8 Å². The highest BCUT2D eigenvalue weighted by Gasteiger charge is 2.23. The van der Waals surface area contributed by atoms with Crippen molar-refractivity contribution in [3.05, 3.63) is 113 Å². The van der Waals surface area contributed by atoms with E-state index < -0.39 is 61.9 Å². The summed E-state index contributed by atoms with van der Waals surface area (Å²) in [5.41, 5.74) is -2.35. The largest absolute Gasteiger partial charge is 0.345 e. The predicted octanol–water partition coefficient (Wildman–Crippen LogP) is 9.92. The summed E-state index contributed by atoms with van der Waals surface area (Å²) in [6.07, 6.45) is 4.29. The van der Waals surface area contributed by atoms with Gasteiger partial charge < -0.3 is 9.13 Å². The van der Waals surface area contributed by atoms with Gasteiger partial charge in [-0.3, -0.25) is 9.59 Å². The predicted molar refractivity (Wildman–Crippen MR) is 166 cm³/mol. The Kier molecular flexibility index (Phi) is 12.4. The molecule has 2 atom stereocenters. The van der Waals surface area contributed by atoms with E-state index in [4.69, 9.17) is 34.8 Å². The lowest BCUT2D eigenvalue weighted by molar-refractivity contribution is 0.467. The minimum absolute atomic E-state index is 0.0324. The lowest BCUT2D eigenvalue weighted by Gasteiger charge is -2.19. The van der Waals surface area contributed by atoms with Crippen LogP contribution in [0.3, 0.4) is 0 Å². The standard InChI is InChI=1S/C16H14Cl2F3NO.C16H15ClF3NO/c1-3-8(2)6-22-7-10(17)16(23)14(18)15(22)13-11(20)4-9(19)5-12(13)21;1-3-9(2)7-21-8-11(17)15(22)6-14(21)16-12(19)4-10(18)5-13(16)20/h4-5,7-8H,3,6H2,1-2H3;4-6,8-9H,3,7H2,1-2H3. The molecule has 0 radical (unpaired) electrons. The van der Waals surface area contributed by atoms with Gasteiger partial charge in [0.05, 0.1) is 22.5 Å². The van der Waals surface area contributed by atoms with E-state index in [1.807, 2.05) is 27.7 Å². The summed E-state index contributed by atoms with van der Waals surface area (Å²) in [5, 5.41) is -0.579. The van der Waals surface area contributed by atoms with Crippen LogP contribution in [0.1, 0.15) is 40.5 Å². The Morgan fingerprint density at radius 2 is 1.07 bits per heavy atom. The lowest BCUT2D eigenvalue weighted by Crippen LogP contribution is -2.17. The average Bonchev–Trinajstić information content (AvgIpc) is 2.95. The lowest BCUT2D eigenvalue weighted by atomic mass is 10.1. The fourth-order valence-corrected chi connectivity index (χ4v) is 5.13. The zero-order chi connectivity index (χ0) is 33.7. The maximum atomic E-state index is 14.1. The van der Waals surface area contributed by atoms with Gasteiger partial charge in [0.25, 0.3) is 0 Å². The molecule has 2 unspecified atom stereocenters. The van der Waals surface area contributed by atoms with Crippen molar-refractivity contribution in [1.29, 1.82) is 0 Å². The highest BCUT2D eigenvalue weighted by Crippen LogP contribution is 2.33. The monoisotopic (exact) mass is 692 g/mol. The molecule has 2 aromatic heterocycles. The topological polar surface area (TPSA) is 44.0 Å². The molecule has 4 rings (SSSR count). The molecule has 2 aromatic carbocycles. The van der Waals surface area contributed by atoms with Gasteiger partial charge >= 0.3 is 0 Å². The molecule has 4 nitrogen and oxygen atoms in total. The van der Waals surface area contributed by atoms with Crippen LogP contribution in [0, 0.1) is 46.7 Å². The van der Waals surface area contributed by atoms with Crippen molar-refractivity contribution in [2.45, 2.75) is 53.6 Å². The second-order valence-corrected chi connectivity index (χ2v) is 11.9. The number of halogens is 9. The van der Waals surface area contributed by atoms with E-state index in [1.54, 1.807) is 0 Å². The molecule has 0 saturated carbocycles. The molecule has 45 heavy (non-hydrogen) atoms. The van der Waals surface area contributed by atoms with Crippen LogP contribution < -0.4 is 10.9 Å². The van der Waals surface area contributed by atoms with Crippen LogP contribution in [0.4, 0.5) is 26.3 Å². The maximum absolute atomic E-state index is 14.1. The Morgan fingerprint density at radius 3 is 1.53 bits per heavy atom. The number of hydrogen-bond acceptors (Lipinski definition) is 2. The number of aromatic nitrogens is 2. The Hall–Kier alpha value is -3.21. The highest BCUT2D eigenvalue weighted by atomic mass is 35.5. The van der Waals surface area contributed by atoms with Gasteiger partial charge in [-0.15, -0.1) is 0 Å². The zero-order valence-corrected chi connectivity index (χ0v) is 26.9. The summed E-state index contributed by atoms with van der Waals surface area (Å²) in [4.78, 5) is 23.7. The fraction of sp³-hybridized carbons (Fsp3) is 0.312. The molecule has 0 aliphatic carbocycles. The number of nitrogens with zero attached hydrogens (tertiary/aromatic N) is 2. The Balaban J connectivity index is 0.000000246. The number of rotatable bonds is 8. The van der Waals surface area contributed by atoms with Crippen LogP contribution in [0.5, 0.6) is 0 Å². The van der Waals surface area contributed by atoms with E-state index >= 15 is 0 Å². The van der Waals surface area contributed by atoms with Gasteiger partial charge in [0, 0.05) is 55.8 Å². The summed E-state index contributed by atoms with van der Waals surface area (Å²) >= 11 is 17.7. The van der Waals surface area contributed by atoms with Crippen LogP contribution in [0.15, 0.2) is 52.3 Å². The first-order valence-electron chi connectivity index (χ1n) is 13.9. The van der Waals surface area contributed by atoms with Crippen LogP contribution in [0.25, 0.3) is 22.5 Å². The second kappa shape index (κ2) is 15.4. The van der Waals surface area contributed by atoms with Crippen molar-refractivity contribution in [1.82, 2.24) is 9.13 Å². The first-order valence-corrected chi connectivity index (χ1v) is 15.0. The SMILES string of the molecule is CCC(C)Cn1cc(Cl)c(=O)c(Cl)c1-c1c(F)cc(F)cc1F.CCC(C)Cn1cc(Cl)c(=O)cc1-c1c(F)cc(F)cc1F. The van der Waals surface area contributed by atoms with Crippen molar-refractivity contribution >= 4 is 34.8 Å². The van der Waals surface area contributed by atoms with Gasteiger partial charge in [0.2, 0.25) is 10.9 Å². The van der Waals surface area contributed by atoms with Gasteiger partial charge in [-0.25, -0.2) is 26.3 Å². The molecule has 0 aliphatic rings. The number of hydrogen-bond donors (Lipinski definition) is 0. The van der Waals surface area contributed by atoms with Crippen molar-refractivity contribution < 1.29 is 26.3 Å². The van der Waals surface area contributed by atoms with Crippen LogP contribution in [-0.2, 0) is 13.1 Å². The third-order valence-electron chi connectivity index (χ3n) is 7.18. The van der Waals surface area contributed by atoms with Crippen molar-refractivity contribution in [3.63, 3.8) is 0 Å². The quantitative estimate of drug-likeness (QED) is 0.173. The molecule has 0 aliphatic heterocycles. The third-order valence-corrected chi connectivity index (χ3v) is 8.08. The van der Waals surface area contributed by atoms with E-state index in [0.717, 1.165) is 18.9 Å². The summed E-state index contributed by atoms with van der Waals surface area (Å²) in [6, 6.07) is 3.34. The minimum Gasteiger partial charge on any atom is -0.345 e. The van der Waals surface area contributed by atoms with Crippen LogP contribution >= 0.6 is 34.8 Å². The molecular weight excluding hydrogens is 665 g/mol. The Labute approximate surface area is 270 Å². The molecule has 4 aromatic rings. The van der Waals surface area contributed by atoms with E-state index in [9.17, 15) is 35.9 Å². The second-order valence-electron chi connectivity index (χ2n) is 10.7.